The monoisotopic (exact) mass is 594 g/mol. The molecular weight excluding hydrogens is 552 g/mol. The number of aromatic nitrogens is 3. The van der Waals surface area contributed by atoms with E-state index in [1.165, 1.54) is 11.3 Å². The maximum absolute atomic E-state index is 13.8. The summed E-state index contributed by atoms with van der Waals surface area (Å²) in [5.74, 6) is 1.36. The normalized spacial score (nSPS) is 17.1. The Bertz CT molecular complexity index is 1620. The van der Waals surface area contributed by atoms with Gasteiger partial charge in [0.2, 0.25) is 0 Å². The lowest BCUT2D eigenvalue weighted by atomic mass is 9.92. The Balaban J connectivity index is 0.00000173. The molecule has 0 bridgehead atoms. The third-order valence-corrected chi connectivity index (χ3v) is 9.12. The molecule has 0 atom stereocenters. The van der Waals surface area contributed by atoms with Crippen LogP contribution in [0.5, 0.6) is 11.5 Å². The van der Waals surface area contributed by atoms with Gasteiger partial charge < -0.3 is 23.8 Å². The number of ether oxygens (including phenoxy) is 4. The molecule has 0 unspecified atom stereocenters. The van der Waals surface area contributed by atoms with Crippen LogP contribution in [-0.2, 0) is 35.7 Å². The number of thiophene rings is 1. The van der Waals surface area contributed by atoms with Gasteiger partial charge in [-0.3, -0.25) is 9.36 Å². The van der Waals surface area contributed by atoms with E-state index in [1.807, 2.05) is 32.0 Å². The van der Waals surface area contributed by atoms with Crippen LogP contribution >= 0.6 is 11.3 Å². The van der Waals surface area contributed by atoms with Gasteiger partial charge in [-0.1, -0.05) is 13.8 Å². The molecule has 5 heterocycles. The number of pyridine rings is 1. The number of rotatable bonds is 7. The van der Waals surface area contributed by atoms with E-state index in [9.17, 15) is 4.79 Å². The lowest BCUT2D eigenvalue weighted by Gasteiger charge is -2.33. The molecule has 10 heteroatoms. The number of piperidine rings is 1. The van der Waals surface area contributed by atoms with Crippen molar-refractivity contribution in [3.63, 3.8) is 0 Å². The zero-order valence-corrected chi connectivity index (χ0v) is 26.6. The molecule has 0 amide bonds. The molecule has 2 aliphatic rings. The highest BCUT2D eigenvalue weighted by Crippen LogP contribution is 2.39. The molecule has 2 aliphatic heterocycles. The Morgan fingerprint density at radius 2 is 1.90 bits per heavy atom. The first-order chi connectivity index (χ1) is 20.3. The van der Waals surface area contributed by atoms with Gasteiger partial charge in [-0.2, -0.15) is 0 Å². The average molecular weight is 595 g/mol. The van der Waals surface area contributed by atoms with Crippen molar-refractivity contribution in [1.29, 1.82) is 0 Å². The van der Waals surface area contributed by atoms with E-state index in [4.69, 9.17) is 28.9 Å². The smallest absolute Gasteiger partial charge is 0.271 e. The third kappa shape index (κ3) is 6.04. The molecule has 0 N–H and O–H groups in total. The second kappa shape index (κ2) is 12.7. The minimum Gasteiger partial charge on any atom is -0.497 e. The molecule has 6 rings (SSSR count). The van der Waals surface area contributed by atoms with Crippen molar-refractivity contribution in [2.45, 2.75) is 78.4 Å². The number of benzene rings is 1. The summed E-state index contributed by atoms with van der Waals surface area (Å²) in [6.45, 7) is 11.5. The van der Waals surface area contributed by atoms with Gasteiger partial charge in [-0.15, -0.1) is 11.3 Å². The summed E-state index contributed by atoms with van der Waals surface area (Å²) in [5.41, 5.74) is 4.33. The molecule has 4 aromatic rings. The first kappa shape index (κ1) is 30.4. The molecule has 0 saturated carbocycles. The Hall–Kier alpha value is -3.05. The van der Waals surface area contributed by atoms with E-state index in [-0.39, 0.29) is 17.3 Å². The molecule has 3 aromatic heterocycles. The predicted molar refractivity (Wildman–Crippen MR) is 167 cm³/mol. The summed E-state index contributed by atoms with van der Waals surface area (Å²) in [6.07, 6.45) is 4.58. The van der Waals surface area contributed by atoms with Crippen molar-refractivity contribution in [2.75, 3.05) is 34.4 Å². The molecule has 1 saturated heterocycles. The summed E-state index contributed by atoms with van der Waals surface area (Å²) < 4.78 is 25.8. The number of hydrogen-bond acceptors (Lipinski definition) is 9. The maximum Gasteiger partial charge on any atom is 0.271 e. The van der Waals surface area contributed by atoms with Crippen molar-refractivity contribution in [3.05, 3.63) is 57.3 Å². The van der Waals surface area contributed by atoms with Crippen molar-refractivity contribution in [2.24, 2.45) is 0 Å². The zero-order valence-electron chi connectivity index (χ0n) is 25.8. The van der Waals surface area contributed by atoms with Crippen molar-refractivity contribution in [3.8, 4) is 11.5 Å². The highest BCUT2D eigenvalue weighted by Gasteiger charge is 2.31. The maximum atomic E-state index is 13.8. The van der Waals surface area contributed by atoms with E-state index >= 15 is 0 Å². The topological polar surface area (TPSA) is 87.9 Å². The van der Waals surface area contributed by atoms with Crippen LogP contribution in [0.2, 0.25) is 0 Å². The number of nitrogens with zero attached hydrogens (tertiary/aromatic N) is 4. The fourth-order valence-corrected chi connectivity index (χ4v) is 6.81. The highest BCUT2D eigenvalue weighted by molar-refractivity contribution is 7.25. The SMILES string of the molecule is CC.COc1ccc(Cn2cnc3c(sc4nc5c(c(COC6CCN(C)CC6)c43)COC(C)(C)C5)c2=O)c(OC)c1. The number of methoxy groups -OCH3 is 2. The minimum atomic E-state index is -0.293. The van der Waals surface area contributed by atoms with Crippen molar-refractivity contribution < 1.29 is 18.9 Å². The standard InChI is InChI=1S/C30H36N4O5S.C2H6/c1-30(2)13-23-21(16-39-30)22(15-38-19-8-10-33(3)11-9-19)25-26-27(40-28(25)32-23)29(35)34(17-31-26)14-18-6-7-20(36-4)12-24(18)37-5;1-2/h6-7,12,17,19H,8-11,13-16H2,1-5H3;1-2H3. The fourth-order valence-electron chi connectivity index (χ4n) is 5.68. The van der Waals surface area contributed by atoms with Crippen LogP contribution in [0.15, 0.2) is 29.3 Å². The van der Waals surface area contributed by atoms with Gasteiger partial charge >= 0.3 is 0 Å². The number of hydrogen-bond donors (Lipinski definition) is 0. The third-order valence-electron chi connectivity index (χ3n) is 8.06. The molecule has 0 spiro atoms. The van der Waals surface area contributed by atoms with Crippen LogP contribution in [0.1, 0.15) is 62.9 Å². The molecule has 9 nitrogen and oxygen atoms in total. The highest BCUT2D eigenvalue weighted by atomic mass is 32.1. The zero-order chi connectivity index (χ0) is 30.0. The lowest BCUT2D eigenvalue weighted by Crippen LogP contribution is -2.35. The number of likely N-dealkylation sites (tertiary alicyclic amines) is 1. The first-order valence-corrected chi connectivity index (χ1v) is 15.5. The molecule has 0 radical (unpaired) electrons. The first-order valence-electron chi connectivity index (χ1n) is 14.7. The van der Waals surface area contributed by atoms with Gasteiger partial charge in [0.1, 0.15) is 21.0 Å². The second-order valence-corrected chi connectivity index (χ2v) is 12.4. The summed E-state index contributed by atoms with van der Waals surface area (Å²) in [5, 5.41) is 0.918. The molecule has 226 valence electrons. The van der Waals surface area contributed by atoms with E-state index in [0.717, 1.165) is 58.5 Å². The van der Waals surface area contributed by atoms with Crippen LogP contribution < -0.4 is 15.0 Å². The summed E-state index contributed by atoms with van der Waals surface area (Å²) in [6, 6.07) is 5.60. The Morgan fingerprint density at radius 1 is 1.14 bits per heavy atom. The van der Waals surface area contributed by atoms with Gasteiger partial charge in [-0.05, 0) is 51.4 Å². The molecule has 0 aliphatic carbocycles. The van der Waals surface area contributed by atoms with Gasteiger partial charge in [-0.25, -0.2) is 9.97 Å². The van der Waals surface area contributed by atoms with Crippen molar-refractivity contribution in [1.82, 2.24) is 19.4 Å². The van der Waals surface area contributed by atoms with Gasteiger partial charge in [0.05, 0.1) is 63.2 Å². The van der Waals surface area contributed by atoms with E-state index in [2.05, 4.69) is 25.8 Å². The predicted octanol–water partition coefficient (Wildman–Crippen LogP) is 5.56. The Labute approximate surface area is 251 Å². The van der Waals surface area contributed by atoms with Crippen LogP contribution in [0.3, 0.4) is 0 Å². The van der Waals surface area contributed by atoms with E-state index < -0.39 is 0 Å². The van der Waals surface area contributed by atoms with Gasteiger partial charge in [0.25, 0.3) is 5.56 Å². The largest absolute Gasteiger partial charge is 0.497 e. The van der Waals surface area contributed by atoms with Crippen LogP contribution in [0, 0.1) is 0 Å². The second-order valence-electron chi connectivity index (χ2n) is 11.4. The van der Waals surface area contributed by atoms with E-state index in [0.29, 0.717) is 47.9 Å². The molecular formula is C32H42N4O5S. The molecule has 42 heavy (non-hydrogen) atoms. The summed E-state index contributed by atoms with van der Waals surface area (Å²) in [7, 11) is 5.38. The quantitative estimate of drug-likeness (QED) is 0.275. The van der Waals surface area contributed by atoms with Crippen molar-refractivity contribution >= 4 is 31.8 Å². The van der Waals surface area contributed by atoms with Crippen LogP contribution in [0.4, 0.5) is 0 Å². The Kier molecular flexibility index (Phi) is 9.17. The Morgan fingerprint density at radius 3 is 2.62 bits per heavy atom. The van der Waals surface area contributed by atoms with Gasteiger partial charge in [0.15, 0.2) is 0 Å². The summed E-state index contributed by atoms with van der Waals surface area (Å²) in [4.78, 5) is 26.8. The fraction of sp³-hybridized carbons (Fsp3) is 0.531. The average Bonchev–Trinajstić information content (AvgIpc) is 3.37. The summed E-state index contributed by atoms with van der Waals surface area (Å²) >= 11 is 1.42. The van der Waals surface area contributed by atoms with E-state index in [1.54, 1.807) is 25.1 Å². The van der Waals surface area contributed by atoms with Gasteiger partial charge in [0, 0.05) is 42.1 Å². The lowest BCUT2D eigenvalue weighted by molar-refractivity contribution is -0.0434. The van der Waals surface area contributed by atoms with Crippen LogP contribution in [-0.4, -0.2) is 65.5 Å². The minimum absolute atomic E-state index is 0.0948. The molecule has 1 aromatic carbocycles. The van der Waals surface area contributed by atoms with Crippen LogP contribution in [0.25, 0.3) is 20.4 Å². The molecule has 1 fully saturated rings. The number of fused-ring (bicyclic) bond motifs is 4.